The van der Waals surface area contributed by atoms with Crippen LogP contribution in [0.2, 0.25) is 0 Å². The first-order valence-corrected chi connectivity index (χ1v) is 8.43. The second-order valence-corrected chi connectivity index (χ2v) is 6.04. The van der Waals surface area contributed by atoms with Crippen LogP contribution in [-0.4, -0.2) is 16.4 Å². The van der Waals surface area contributed by atoms with E-state index in [9.17, 15) is 4.57 Å². The molecule has 0 atom stereocenters. The van der Waals surface area contributed by atoms with Crippen LogP contribution in [0.1, 0.15) is 18.4 Å². The van der Waals surface area contributed by atoms with Crippen LogP contribution in [0.4, 0.5) is 0 Å². The molecule has 0 aromatic heterocycles. The zero-order chi connectivity index (χ0) is 15.1. The van der Waals surface area contributed by atoms with E-state index < -0.39 is 7.82 Å². The fraction of sp³-hybridized carbons (Fsp3) is 0.250. The predicted octanol–water partition coefficient (Wildman–Crippen LogP) is 3.79. The first kappa shape index (κ1) is 15.9. The quantitative estimate of drug-likeness (QED) is 0.603. The number of hydrogen-bond donors (Lipinski definition) is 2. The Labute approximate surface area is 124 Å². The second-order valence-electron chi connectivity index (χ2n) is 4.80. The number of benzene rings is 2. The van der Waals surface area contributed by atoms with E-state index in [4.69, 9.17) is 9.79 Å². The third kappa shape index (κ3) is 5.44. The van der Waals surface area contributed by atoms with Crippen LogP contribution in [0.3, 0.4) is 0 Å². The standard InChI is InChI=1S/C16H19O4P/c17-21(18,19)20-13-7-6-11-15-10-4-5-12-16(15)14-8-2-1-3-9-14/h1-5,8-10,12H,6-7,11,13H2,(H2,17,18,19). The summed E-state index contributed by atoms with van der Waals surface area (Å²) in [6.07, 6.45) is 2.30. The molecule has 0 saturated heterocycles. The molecule has 2 N–H and O–H groups in total. The molecule has 0 heterocycles. The maximum Gasteiger partial charge on any atom is 0.469 e. The van der Waals surface area contributed by atoms with Crippen molar-refractivity contribution < 1.29 is 18.9 Å². The Bertz CT molecular complexity index is 607. The molecule has 2 aromatic rings. The molecule has 0 amide bonds. The van der Waals surface area contributed by atoms with Gasteiger partial charge in [-0.15, -0.1) is 0 Å². The average molecular weight is 306 g/mol. The van der Waals surface area contributed by atoms with E-state index in [2.05, 4.69) is 28.8 Å². The average Bonchev–Trinajstić information content (AvgIpc) is 2.47. The molecule has 0 unspecified atom stereocenters. The Hall–Kier alpha value is -1.45. The van der Waals surface area contributed by atoms with Crippen LogP contribution in [0.5, 0.6) is 0 Å². The highest BCUT2D eigenvalue weighted by molar-refractivity contribution is 7.46. The lowest BCUT2D eigenvalue weighted by Crippen LogP contribution is -1.95. The predicted molar refractivity (Wildman–Crippen MR) is 82.8 cm³/mol. The summed E-state index contributed by atoms with van der Waals surface area (Å²) < 4.78 is 15.0. The maximum absolute atomic E-state index is 10.6. The van der Waals surface area contributed by atoms with E-state index in [0.29, 0.717) is 6.42 Å². The molecule has 0 spiro atoms. The number of phosphoric acid groups is 1. The summed E-state index contributed by atoms with van der Waals surface area (Å²) in [5.41, 5.74) is 3.62. The summed E-state index contributed by atoms with van der Waals surface area (Å²) in [4.78, 5) is 17.2. The van der Waals surface area contributed by atoms with Gasteiger partial charge in [0.25, 0.3) is 0 Å². The van der Waals surface area contributed by atoms with Gasteiger partial charge in [0.05, 0.1) is 6.61 Å². The van der Waals surface area contributed by atoms with Gasteiger partial charge >= 0.3 is 7.82 Å². The molecule has 4 nitrogen and oxygen atoms in total. The van der Waals surface area contributed by atoms with Crippen LogP contribution in [0.15, 0.2) is 54.6 Å². The first-order chi connectivity index (χ1) is 10.1. The Morgan fingerprint density at radius 2 is 1.57 bits per heavy atom. The van der Waals surface area contributed by atoms with E-state index >= 15 is 0 Å². The van der Waals surface area contributed by atoms with Crippen molar-refractivity contribution >= 4 is 7.82 Å². The summed E-state index contributed by atoms with van der Waals surface area (Å²) in [7, 11) is -4.34. The van der Waals surface area contributed by atoms with E-state index in [0.717, 1.165) is 12.8 Å². The van der Waals surface area contributed by atoms with Crippen LogP contribution in [0.25, 0.3) is 11.1 Å². The lowest BCUT2D eigenvalue weighted by Gasteiger charge is -2.10. The Balaban J connectivity index is 1.94. The van der Waals surface area contributed by atoms with Gasteiger partial charge < -0.3 is 9.79 Å². The zero-order valence-electron chi connectivity index (χ0n) is 11.7. The van der Waals surface area contributed by atoms with Gasteiger partial charge in [0.2, 0.25) is 0 Å². The number of rotatable bonds is 7. The minimum absolute atomic E-state index is 0.0811. The van der Waals surface area contributed by atoms with E-state index in [1.54, 1.807) is 0 Å². The second kappa shape index (κ2) is 7.53. The molecule has 0 aliphatic heterocycles. The molecular formula is C16H19O4P. The van der Waals surface area contributed by atoms with Gasteiger partial charge in [0, 0.05) is 0 Å². The van der Waals surface area contributed by atoms with Gasteiger partial charge in [0.1, 0.15) is 0 Å². The Morgan fingerprint density at radius 3 is 2.29 bits per heavy atom. The van der Waals surface area contributed by atoms with Crippen LogP contribution in [-0.2, 0) is 15.5 Å². The molecule has 2 rings (SSSR count). The van der Waals surface area contributed by atoms with E-state index in [-0.39, 0.29) is 6.61 Å². The number of hydrogen-bond acceptors (Lipinski definition) is 2. The topological polar surface area (TPSA) is 66.8 Å². The van der Waals surface area contributed by atoms with Gasteiger partial charge in [-0.25, -0.2) is 4.57 Å². The molecule has 0 bridgehead atoms. The molecule has 2 aromatic carbocycles. The summed E-state index contributed by atoms with van der Waals surface area (Å²) in [6, 6.07) is 18.4. The van der Waals surface area contributed by atoms with Crippen molar-refractivity contribution in [2.75, 3.05) is 6.61 Å². The number of aryl methyl sites for hydroxylation is 1. The molecule has 0 saturated carbocycles. The van der Waals surface area contributed by atoms with Gasteiger partial charge in [-0.1, -0.05) is 54.6 Å². The molecule has 21 heavy (non-hydrogen) atoms. The van der Waals surface area contributed by atoms with Crippen molar-refractivity contribution in [1.29, 1.82) is 0 Å². The van der Waals surface area contributed by atoms with Crippen LogP contribution < -0.4 is 0 Å². The molecule has 112 valence electrons. The largest absolute Gasteiger partial charge is 0.469 e. The fourth-order valence-electron chi connectivity index (χ4n) is 2.24. The van der Waals surface area contributed by atoms with Crippen molar-refractivity contribution in [1.82, 2.24) is 0 Å². The van der Waals surface area contributed by atoms with Crippen molar-refractivity contribution in [2.45, 2.75) is 19.3 Å². The third-order valence-corrected chi connectivity index (χ3v) is 3.72. The normalized spacial score (nSPS) is 11.5. The number of phosphoric ester groups is 1. The monoisotopic (exact) mass is 306 g/mol. The lowest BCUT2D eigenvalue weighted by molar-refractivity contribution is 0.194. The smallest absolute Gasteiger partial charge is 0.303 e. The minimum Gasteiger partial charge on any atom is -0.303 e. The van der Waals surface area contributed by atoms with Crippen molar-refractivity contribution in [2.24, 2.45) is 0 Å². The van der Waals surface area contributed by atoms with E-state index in [1.807, 2.05) is 30.3 Å². The zero-order valence-corrected chi connectivity index (χ0v) is 12.6. The van der Waals surface area contributed by atoms with Gasteiger partial charge in [-0.2, -0.15) is 0 Å². The van der Waals surface area contributed by atoms with Crippen LogP contribution >= 0.6 is 7.82 Å². The highest BCUT2D eigenvalue weighted by Gasteiger charge is 2.12. The molecule has 0 radical (unpaired) electrons. The summed E-state index contributed by atoms with van der Waals surface area (Å²) in [6.45, 7) is 0.0811. The molecular weight excluding hydrogens is 287 g/mol. The summed E-state index contributed by atoms with van der Waals surface area (Å²) in [5, 5.41) is 0. The van der Waals surface area contributed by atoms with Gasteiger partial charge in [-0.05, 0) is 36.0 Å². The summed E-state index contributed by atoms with van der Waals surface area (Å²) in [5.74, 6) is 0. The van der Waals surface area contributed by atoms with Crippen molar-refractivity contribution in [3.63, 3.8) is 0 Å². The Kier molecular flexibility index (Phi) is 5.71. The highest BCUT2D eigenvalue weighted by atomic mass is 31.2. The maximum atomic E-state index is 10.6. The van der Waals surface area contributed by atoms with Crippen LogP contribution in [0, 0.1) is 0 Å². The van der Waals surface area contributed by atoms with Gasteiger partial charge in [0.15, 0.2) is 0 Å². The fourth-order valence-corrected chi connectivity index (χ4v) is 2.61. The first-order valence-electron chi connectivity index (χ1n) is 6.90. The highest BCUT2D eigenvalue weighted by Crippen LogP contribution is 2.35. The van der Waals surface area contributed by atoms with Crippen molar-refractivity contribution in [3.8, 4) is 11.1 Å². The van der Waals surface area contributed by atoms with Crippen molar-refractivity contribution in [3.05, 3.63) is 60.2 Å². The summed E-state index contributed by atoms with van der Waals surface area (Å²) >= 11 is 0. The number of unbranched alkanes of at least 4 members (excludes halogenated alkanes) is 1. The molecule has 0 aliphatic carbocycles. The molecule has 0 fully saturated rings. The van der Waals surface area contributed by atoms with E-state index in [1.165, 1.54) is 16.7 Å². The molecule has 5 heteroatoms. The Morgan fingerprint density at radius 1 is 0.905 bits per heavy atom. The molecule has 0 aliphatic rings. The lowest BCUT2D eigenvalue weighted by atomic mass is 9.96. The van der Waals surface area contributed by atoms with Gasteiger partial charge in [-0.3, -0.25) is 4.52 Å². The minimum atomic E-state index is -4.34. The third-order valence-electron chi connectivity index (χ3n) is 3.20. The SMILES string of the molecule is O=P(O)(O)OCCCCc1ccccc1-c1ccccc1.